The summed E-state index contributed by atoms with van der Waals surface area (Å²) in [5, 5.41) is 2.89. The minimum absolute atomic E-state index is 0.137. The van der Waals surface area contributed by atoms with E-state index in [-0.39, 0.29) is 12.1 Å². The van der Waals surface area contributed by atoms with E-state index >= 15 is 0 Å². The minimum Gasteiger partial charge on any atom is -0.374 e. The summed E-state index contributed by atoms with van der Waals surface area (Å²) in [5.74, 6) is 0.164. The van der Waals surface area contributed by atoms with Crippen molar-refractivity contribution in [1.82, 2.24) is 15.2 Å². The Morgan fingerprint density at radius 1 is 1.42 bits per heavy atom. The molecule has 3 rings (SSSR count). The first-order chi connectivity index (χ1) is 11.6. The van der Waals surface area contributed by atoms with Gasteiger partial charge in [-0.3, -0.25) is 4.98 Å². The third kappa shape index (κ3) is 4.04. The first-order valence-electron chi connectivity index (χ1n) is 8.91. The van der Waals surface area contributed by atoms with Gasteiger partial charge in [-0.05, 0) is 31.7 Å². The quantitative estimate of drug-likeness (QED) is 0.922. The van der Waals surface area contributed by atoms with E-state index < -0.39 is 11.9 Å². The highest BCUT2D eigenvalue weighted by Crippen LogP contribution is 2.29. The van der Waals surface area contributed by atoms with Crippen LogP contribution >= 0.6 is 0 Å². The van der Waals surface area contributed by atoms with E-state index in [1.807, 2.05) is 0 Å². The molecule has 0 aromatic carbocycles. The Kier molecular flexibility index (Phi) is 5.66. The van der Waals surface area contributed by atoms with Crippen LogP contribution in [-0.2, 0) is 4.74 Å². The number of halogens is 1. The number of amides is 2. The molecule has 2 heterocycles. The summed E-state index contributed by atoms with van der Waals surface area (Å²) in [5.41, 5.74) is 0.454. The molecule has 1 aliphatic heterocycles. The van der Waals surface area contributed by atoms with Crippen LogP contribution in [0.5, 0.6) is 0 Å². The van der Waals surface area contributed by atoms with Crippen LogP contribution in [0, 0.1) is 11.7 Å². The number of carbonyl (C=O) groups is 1. The molecular formula is C18H26FN3O2. The van der Waals surface area contributed by atoms with Gasteiger partial charge >= 0.3 is 6.03 Å². The van der Waals surface area contributed by atoms with Crippen molar-refractivity contribution in [3.05, 3.63) is 29.8 Å². The summed E-state index contributed by atoms with van der Waals surface area (Å²) in [6.45, 7) is 3.57. The van der Waals surface area contributed by atoms with Gasteiger partial charge in [0.2, 0.25) is 0 Å². The Morgan fingerprint density at radius 3 is 2.96 bits per heavy atom. The van der Waals surface area contributed by atoms with Gasteiger partial charge in [-0.25, -0.2) is 9.18 Å². The summed E-state index contributed by atoms with van der Waals surface area (Å²) >= 11 is 0. The van der Waals surface area contributed by atoms with Crippen LogP contribution in [0.2, 0.25) is 0 Å². The van der Waals surface area contributed by atoms with Gasteiger partial charge in [-0.2, -0.15) is 0 Å². The van der Waals surface area contributed by atoms with Gasteiger partial charge in [-0.15, -0.1) is 0 Å². The standard InChI is InChI=1S/C18H26FN3O2/c1-13(15-7-8-20-11-16(15)19)21-18(23)22-9-10-24-17(12-22)14-5-3-2-4-6-14/h7-8,11,13-14,17H,2-6,9-10,12H2,1H3,(H,21,23)/t13-,17+/m0/s1. The average molecular weight is 335 g/mol. The molecule has 6 heteroatoms. The van der Waals surface area contributed by atoms with Crippen molar-refractivity contribution in [3.63, 3.8) is 0 Å². The predicted octanol–water partition coefficient (Wildman–Crippen LogP) is 3.27. The van der Waals surface area contributed by atoms with Crippen molar-refractivity contribution in [3.8, 4) is 0 Å². The molecule has 132 valence electrons. The first kappa shape index (κ1) is 17.1. The normalized spacial score (nSPS) is 23.8. The Balaban J connectivity index is 1.57. The Labute approximate surface area is 142 Å². The number of morpholine rings is 1. The Hall–Kier alpha value is -1.69. The largest absolute Gasteiger partial charge is 0.374 e. The van der Waals surface area contributed by atoms with E-state index in [9.17, 15) is 9.18 Å². The zero-order valence-corrected chi connectivity index (χ0v) is 14.2. The fourth-order valence-electron chi connectivity index (χ4n) is 3.74. The highest BCUT2D eigenvalue weighted by Gasteiger charge is 2.31. The smallest absolute Gasteiger partial charge is 0.318 e. The van der Waals surface area contributed by atoms with E-state index in [4.69, 9.17) is 4.74 Å². The third-order valence-electron chi connectivity index (χ3n) is 5.17. The molecule has 1 aliphatic carbocycles. The SMILES string of the molecule is C[C@H](NC(=O)N1CCO[C@@H](C2CCCCC2)C1)c1ccncc1F. The van der Waals surface area contributed by atoms with Crippen molar-refractivity contribution >= 4 is 6.03 Å². The van der Waals surface area contributed by atoms with Crippen molar-refractivity contribution in [1.29, 1.82) is 0 Å². The van der Waals surface area contributed by atoms with Crippen LogP contribution in [0.25, 0.3) is 0 Å². The third-order valence-corrected chi connectivity index (χ3v) is 5.17. The van der Waals surface area contributed by atoms with Gasteiger partial charge in [-0.1, -0.05) is 19.3 Å². The second-order valence-corrected chi connectivity index (χ2v) is 6.82. The topological polar surface area (TPSA) is 54.5 Å². The number of hydrogen-bond donors (Lipinski definition) is 1. The van der Waals surface area contributed by atoms with Gasteiger partial charge in [0, 0.05) is 24.8 Å². The summed E-state index contributed by atoms with van der Waals surface area (Å²) in [6.07, 6.45) is 9.06. The van der Waals surface area contributed by atoms with E-state index in [1.165, 1.54) is 44.5 Å². The first-order valence-corrected chi connectivity index (χ1v) is 8.91. The molecule has 2 fully saturated rings. The molecular weight excluding hydrogens is 309 g/mol. The maximum absolute atomic E-state index is 13.8. The molecule has 1 aromatic heterocycles. The fraction of sp³-hybridized carbons (Fsp3) is 0.667. The van der Waals surface area contributed by atoms with E-state index in [0.29, 0.717) is 31.2 Å². The van der Waals surface area contributed by atoms with Crippen LogP contribution < -0.4 is 5.32 Å². The minimum atomic E-state index is -0.396. The highest BCUT2D eigenvalue weighted by molar-refractivity contribution is 5.74. The number of ether oxygens (including phenoxy) is 1. The second kappa shape index (κ2) is 7.92. The molecule has 24 heavy (non-hydrogen) atoms. The van der Waals surface area contributed by atoms with Crippen LogP contribution in [0.3, 0.4) is 0 Å². The molecule has 5 nitrogen and oxygen atoms in total. The van der Waals surface area contributed by atoms with E-state index in [1.54, 1.807) is 17.9 Å². The van der Waals surface area contributed by atoms with Gasteiger partial charge in [0.15, 0.2) is 0 Å². The Bertz CT molecular complexity index is 563. The zero-order valence-electron chi connectivity index (χ0n) is 14.2. The molecule has 2 aliphatic rings. The number of nitrogens with zero attached hydrogens (tertiary/aromatic N) is 2. The van der Waals surface area contributed by atoms with Crippen LogP contribution in [0.15, 0.2) is 18.5 Å². The average Bonchev–Trinajstić information content (AvgIpc) is 2.63. The van der Waals surface area contributed by atoms with Crippen LogP contribution in [0.4, 0.5) is 9.18 Å². The molecule has 1 N–H and O–H groups in total. The lowest BCUT2D eigenvalue weighted by Crippen LogP contribution is -2.52. The summed E-state index contributed by atoms with van der Waals surface area (Å²) in [6, 6.07) is 1.06. The molecule has 1 saturated carbocycles. The predicted molar refractivity (Wildman–Crippen MR) is 89.0 cm³/mol. The van der Waals surface area contributed by atoms with Gasteiger partial charge in [0.1, 0.15) is 5.82 Å². The fourth-order valence-corrected chi connectivity index (χ4v) is 3.74. The zero-order chi connectivity index (χ0) is 16.9. The van der Waals surface area contributed by atoms with Gasteiger partial charge in [0.05, 0.1) is 24.9 Å². The number of rotatable bonds is 3. The molecule has 0 bridgehead atoms. The number of pyridine rings is 1. The summed E-state index contributed by atoms with van der Waals surface area (Å²) in [4.78, 5) is 18.1. The molecule has 2 atom stereocenters. The van der Waals surface area contributed by atoms with E-state index in [2.05, 4.69) is 10.3 Å². The summed E-state index contributed by atoms with van der Waals surface area (Å²) < 4.78 is 19.7. The molecule has 0 unspecified atom stereocenters. The number of urea groups is 1. The number of nitrogens with one attached hydrogen (secondary N) is 1. The molecule has 2 amide bonds. The Morgan fingerprint density at radius 2 is 2.21 bits per heavy atom. The maximum atomic E-state index is 13.8. The van der Waals surface area contributed by atoms with Crippen molar-refractivity contribution in [2.75, 3.05) is 19.7 Å². The lowest BCUT2D eigenvalue weighted by Gasteiger charge is -2.38. The van der Waals surface area contributed by atoms with Crippen LogP contribution in [-0.4, -0.2) is 41.7 Å². The van der Waals surface area contributed by atoms with Crippen molar-refractivity contribution in [2.45, 2.75) is 51.2 Å². The number of aromatic nitrogens is 1. The summed E-state index contributed by atoms with van der Waals surface area (Å²) in [7, 11) is 0. The number of carbonyl (C=O) groups excluding carboxylic acids is 1. The monoisotopic (exact) mass is 335 g/mol. The molecule has 0 radical (unpaired) electrons. The van der Waals surface area contributed by atoms with Crippen molar-refractivity contribution < 1.29 is 13.9 Å². The van der Waals surface area contributed by atoms with Gasteiger partial charge in [0.25, 0.3) is 0 Å². The van der Waals surface area contributed by atoms with Crippen molar-refractivity contribution in [2.24, 2.45) is 5.92 Å². The molecule has 1 aromatic rings. The maximum Gasteiger partial charge on any atom is 0.318 e. The molecule has 0 spiro atoms. The van der Waals surface area contributed by atoms with Crippen LogP contribution in [0.1, 0.15) is 50.6 Å². The lowest BCUT2D eigenvalue weighted by molar-refractivity contribution is -0.0526. The second-order valence-electron chi connectivity index (χ2n) is 6.82. The lowest BCUT2D eigenvalue weighted by atomic mass is 9.84. The van der Waals surface area contributed by atoms with Gasteiger partial charge < -0.3 is 15.0 Å². The molecule has 1 saturated heterocycles. The van der Waals surface area contributed by atoms with E-state index in [0.717, 1.165) is 0 Å². The number of hydrogen-bond acceptors (Lipinski definition) is 3. The highest BCUT2D eigenvalue weighted by atomic mass is 19.1.